The summed E-state index contributed by atoms with van der Waals surface area (Å²) in [4.78, 5) is 22.9. The summed E-state index contributed by atoms with van der Waals surface area (Å²) in [6, 6.07) is 0. The van der Waals surface area contributed by atoms with Crippen molar-refractivity contribution in [3.05, 3.63) is 23.8 Å². The van der Waals surface area contributed by atoms with Crippen molar-refractivity contribution in [1.82, 2.24) is 0 Å². The van der Waals surface area contributed by atoms with Crippen LogP contribution in [0, 0.1) is 23.2 Å². The second kappa shape index (κ2) is 7.86. The van der Waals surface area contributed by atoms with Gasteiger partial charge in [0.05, 0.1) is 6.61 Å². The maximum Gasteiger partial charge on any atom is 0.305 e. The standard InChI is InChI=1S/C20H29ClO3/c1-5-18(23)24-12-13(2)10-14(3)17-7-6-15-11-16(22)8-9-20(15,4)19(17)21/h8-9,11,13-14,17,19H,5-7,10,12H2,1-4H3/t13-,14-,17-,19+,20-/m0/s1. The van der Waals surface area contributed by atoms with Crippen molar-refractivity contribution >= 4 is 23.4 Å². The highest BCUT2D eigenvalue weighted by atomic mass is 35.5. The third kappa shape index (κ3) is 4.11. The Morgan fingerprint density at radius 1 is 1.46 bits per heavy atom. The van der Waals surface area contributed by atoms with Crippen LogP contribution in [0.3, 0.4) is 0 Å². The molecule has 1 fully saturated rings. The first-order chi connectivity index (χ1) is 11.3. The first-order valence-corrected chi connectivity index (χ1v) is 9.45. The van der Waals surface area contributed by atoms with Crippen LogP contribution in [0.5, 0.6) is 0 Å². The summed E-state index contributed by atoms with van der Waals surface area (Å²) in [6.07, 6.45) is 8.77. The van der Waals surface area contributed by atoms with Gasteiger partial charge in [-0.15, -0.1) is 11.6 Å². The third-order valence-corrected chi connectivity index (χ3v) is 6.40. The molecule has 0 radical (unpaired) electrons. The first-order valence-electron chi connectivity index (χ1n) is 9.01. The highest BCUT2D eigenvalue weighted by molar-refractivity contribution is 6.22. The summed E-state index contributed by atoms with van der Waals surface area (Å²) < 4.78 is 5.26. The number of carbonyl (C=O) groups excluding carboxylic acids is 2. The Morgan fingerprint density at radius 2 is 2.17 bits per heavy atom. The van der Waals surface area contributed by atoms with E-state index in [1.807, 2.05) is 13.0 Å². The van der Waals surface area contributed by atoms with E-state index in [-0.39, 0.29) is 22.5 Å². The molecule has 2 rings (SSSR count). The van der Waals surface area contributed by atoms with Gasteiger partial charge < -0.3 is 4.74 Å². The molecule has 0 aromatic rings. The fourth-order valence-corrected chi connectivity index (χ4v) is 4.64. The molecule has 0 amide bonds. The molecule has 0 aromatic carbocycles. The Balaban J connectivity index is 1.97. The molecule has 0 N–H and O–H groups in total. The number of esters is 1. The molecule has 0 unspecified atom stereocenters. The molecule has 0 spiro atoms. The summed E-state index contributed by atoms with van der Waals surface area (Å²) in [5.41, 5.74) is 0.952. The van der Waals surface area contributed by atoms with Crippen molar-refractivity contribution in [2.75, 3.05) is 6.61 Å². The van der Waals surface area contributed by atoms with Crippen molar-refractivity contribution in [1.29, 1.82) is 0 Å². The minimum absolute atomic E-state index is 0.0118. The molecular weight excluding hydrogens is 324 g/mol. The van der Waals surface area contributed by atoms with Crippen LogP contribution in [0.4, 0.5) is 0 Å². The molecule has 2 aliphatic rings. The van der Waals surface area contributed by atoms with Crippen molar-refractivity contribution < 1.29 is 14.3 Å². The number of rotatable bonds is 6. The van der Waals surface area contributed by atoms with E-state index in [4.69, 9.17) is 16.3 Å². The molecule has 4 heteroatoms. The van der Waals surface area contributed by atoms with Gasteiger partial charge in [0, 0.05) is 17.2 Å². The number of ketones is 1. The monoisotopic (exact) mass is 352 g/mol. The van der Waals surface area contributed by atoms with E-state index in [1.54, 1.807) is 12.2 Å². The Kier molecular flexibility index (Phi) is 6.30. The molecule has 0 aliphatic heterocycles. The quantitative estimate of drug-likeness (QED) is 0.514. The minimum atomic E-state index is -0.218. The van der Waals surface area contributed by atoms with Gasteiger partial charge in [0.15, 0.2) is 5.78 Å². The number of hydrogen-bond acceptors (Lipinski definition) is 3. The lowest BCUT2D eigenvalue weighted by Crippen LogP contribution is -2.43. The Bertz CT molecular complexity index is 551. The third-order valence-electron chi connectivity index (χ3n) is 5.62. The van der Waals surface area contributed by atoms with Crippen LogP contribution in [0.15, 0.2) is 23.8 Å². The van der Waals surface area contributed by atoms with Crippen LogP contribution in [0.1, 0.15) is 53.4 Å². The average molecular weight is 353 g/mol. The van der Waals surface area contributed by atoms with Gasteiger partial charge in [0.2, 0.25) is 0 Å². The van der Waals surface area contributed by atoms with Crippen molar-refractivity contribution in [3.8, 4) is 0 Å². The van der Waals surface area contributed by atoms with Crippen molar-refractivity contribution in [2.24, 2.45) is 23.2 Å². The lowest BCUT2D eigenvalue weighted by Gasteiger charge is -2.46. The van der Waals surface area contributed by atoms with Gasteiger partial charge in [-0.2, -0.15) is 0 Å². The van der Waals surface area contributed by atoms with E-state index < -0.39 is 0 Å². The lowest BCUT2D eigenvalue weighted by atomic mass is 9.62. The Labute approximate surface area is 150 Å². The van der Waals surface area contributed by atoms with Gasteiger partial charge in [-0.3, -0.25) is 9.59 Å². The summed E-state index contributed by atoms with van der Waals surface area (Å²) in [7, 11) is 0. The van der Waals surface area contributed by atoms with Crippen LogP contribution < -0.4 is 0 Å². The highest BCUT2D eigenvalue weighted by Crippen LogP contribution is 2.51. The summed E-state index contributed by atoms with van der Waals surface area (Å²) in [6.45, 7) is 8.80. The smallest absolute Gasteiger partial charge is 0.305 e. The number of halogens is 1. The molecule has 1 saturated carbocycles. The first kappa shape index (κ1) is 19.2. The number of carbonyl (C=O) groups is 2. The molecule has 24 heavy (non-hydrogen) atoms. The average Bonchev–Trinajstić information content (AvgIpc) is 2.54. The molecule has 134 valence electrons. The normalized spacial score (nSPS) is 31.9. The van der Waals surface area contributed by atoms with Crippen LogP contribution in [0.25, 0.3) is 0 Å². The van der Waals surface area contributed by atoms with Crippen molar-refractivity contribution in [2.45, 2.75) is 58.8 Å². The minimum Gasteiger partial charge on any atom is -0.465 e. The summed E-state index contributed by atoms with van der Waals surface area (Å²) in [5, 5.41) is -0.0118. The SMILES string of the molecule is CCC(=O)OC[C@@H](C)C[C@H](C)[C@@H]1CCC2=CC(=O)C=C[C@]2(C)[C@@H]1Cl. The van der Waals surface area contributed by atoms with Crippen LogP contribution in [-0.4, -0.2) is 23.7 Å². The van der Waals surface area contributed by atoms with Gasteiger partial charge in [-0.25, -0.2) is 0 Å². The lowest BCUT2D eigenvalue weighted by molar-refractivity contribution is -0.144. The number of allylic oxidation sites excluding steroid dienone is 4. The predicted molar refractivity (Wildman–Crippen MR) is 96.9 cm³/mol. The van der Waals surface area contributed by atoms with E-state index in [0.717, 1.165) is 19.3 Å². The van der Waals surface area contributed by atoms with E-state index in [9.17, 15) is 9.59 Å². The number of hydrogen-bond donors (Lipinski definition) is 0. The molecule has 3 nitrogen and oxygen atoms in total. The molecule has 0 heterocycles. The summed E-state index contributed by atoms with van der Waals surface area (Å²) >= 11 is 6.88. The largest absolute Gasteiger partial charge is 0.465 e. The highest BCUT2D eigenvalue weighted by Gasteiger charge is 2.45. The fourth-order valence-electron chi connectivity index (χ4n) is 4.05. The Hall–Kier alpha value is -1.09. The van der Waals surface area contributed by atoms with Gasteiger partial charge in [-0.1, -0.05) is 39.3 Å². The number of fused-ring (bicyclic) bond motifs is 1. The van der Waals surface area contributed by atoms with Crippen LogP contribution in [-0.2, 0) is 14.3 Å². The van der Waals surface area contributed by atoms with Gasteiger partial charge in [0.1, 0.15) is 0 Å². The zero-order valence-electron chi connectivity index (χ0n) is 15.2. The maximum absolute atomic E-state index is 11.6. The zero-order chi connectivity index (χ0) is 17.9. The Morgan fingerprint density at radius 3 is 2.83 bits per heavy atom. The predicted octanol–water partition coefficient (Wildman–Crippen LogP) is 4.69. The second-order valence-electron chi connectivity index (χ2n) is 7.65. The van der Waals surface area contributed by atoms with Crippen LogP contribution >= 0.6 is 11.6 Å². The topological polar surface area (TPSA) is 43.4 Å². The van der Waals surface area contributed by atoms with Gasteiger partial charge >= 0.3 is 5.97 Å². The summed E-state index contributed by atoms with van der Waals surface area (Å²) in [5.74, 6) is 1.11. The maximum atomic E-state index is 11.6. The zero-order valence-corrected chi connectivity index (χ0v) is 15.9. The molecule has 2 aliphatic carbocycles. The van der Waals surface area contributed by atoms with E-state index in [1.165, 1.54) is 5.57 Å². The van der Waals surface area contributed by atoms with E-state index in [2.05, 4.69) is 20.8 Å². The van der Waals surface area contributed by atoms with Gasteiger partial charge in [0.25, 0.3) is 0 Å². The molecule has 0 bridgehead atoms. The van der Waals surface area contributed by atoms with Crippen molar-refractivity contribution in [3.63, 3.8) is 0 Å². The molecule has 5 atom stereocenters. The fraction of sp³-hybridized carbons (Fsp3) is 0.700. The second-order valence-corrected chi connectivity index (χ2v) is 8.12. The molecule has 0 saturated heterocycles. The van der Waals surface area contributed by atoms with Crippen LogP contribution in [0.2, 0.25) is 0 Å². The van der Waals surface area contributed by atoms with E-state index >= 15 is 0 Å². The molecule has 0 aromatic heterocycles. The number of alkyl halides is 1. The van der Waals surface area contributed by atoms with Gasteiger partial charge in [-0.05, 0) is 49.2 Å². The van der Waals surface area contributed by atoms with E-state index in [0.29, 0.717) is 30.8 Å². The molecular formula is C20H29ClO3. The number of ether oxygens (including phenoxy) is 1.